The highest BCUT2D eigenvalue weighted by molar-refractivity contribution is 5.22. The lowest BCUT2D eigenvalue weighted by Gasteiger charge is -2.40. The second kappa shape index (κ2) is 6.13. The first-order chi connectivity index (χ1) is 10.8. The van der Waals surface area contributed by atoms with Crippen LogP contribution >= 0.6 is 0 Å². The van der Waals surface area contributed by atoms with E-state index in [4.69, 9.17) is 4.74 Å². The molecule has 1 spiro atoms. The van der Waals surface area contributed by atoms with Gasteiger partial charge in [0.15, 0.2) is 0 Å². The van der Waals surface area contributed by atoms with Gasteiger partial charge in [-0.15, -0.1) is 0 Å². The Labute approximate surface area is 132 Å². The number of piperidine rings is 1. The first kappa shape index (κ1) is 14.4. The molecule has 5 heteroatoms. The van der Waals surface area contributed by atoms with Crippen molar-refractivity contribution in [1.82, 2.24) is 14.9 Å². The van der Waals surface area contributed by atoms with Crippen LogP contribution in [0.1, 0.15) is 32.1 Å². The summed E-state index contributed by atoms with van der Waals surface area (Å²) in [5.41, 5.74) is 0.122. The number of nitrogens with zero attached hydrogens (tertiary/aromatic N) is 3. The van der Waals surface area contributed by atoms with E-state index < -0.39 is 0 Å². The van der Waals surface area contributed by atoms with Gasteiger partial charge in [-0.2, -0.15) is 0 Å². The van der Waals surface area contributed by atoms with E-state index >= 15 is 0 Å². The molecule has 3 aliphatic rings. The van der Waals surface area contributed by atoms with Crippen LogP contribution in [0.5, 0.6) is 0 Å². The normalized spacial score (nSPS) is 32.5. The molecule has 1 aromatic heterocycles. The van der Waals surface area contributed by atoms with E-state index in [1.54, 1.807) is 12.4 Å². The van der Waals surface area contributed by atoms with E-state index in [-0.39, 0.29) is 5.60 Å². The number of ether oxygens (including phenoxy) is 1. The van der Waals surface area contributed by atoms with Crippen molar-refractivity contribution in [1.29, 1.82) is 0 Å². The third-order valence-corrected chi connectivity index (χ3v) is 5.23. The molecule has 3 fully saturated rings. The molecule has 3 heterocycles. The Morgan fingerprint density at radius 3 is 2.95 bits per heavy atom. The summed E-state index contributed by atoms with van der Waals surface area (Å²) >= 11 is 0. The smallest absolute Gasteiger partial charge is 0.222 e. The highest BCUT2D eigenvalue weighted by Gasteiger charge is 2.43. The molecule has 1 aliphatic carbocycles. The average molecular weight is 302 g/mol. The maximum absolute atomic E-state index is 6.29. The molecule has 1 saturated carbocycles. The van der Waals surface area contributed by atoms with Crippen molar-refractivity contribution in [3.63, 3.8) is 0 Å². The maximum Gasteiger partial charge on any atom is 0.222 e. The van der Waals surface area contributed by atoms with E-state index in [9.17, 15) is 0 Å². The molecule has 0 bridgehead atoms. The molecule has 22 heavy (non-hydrogen) atoms. The zero-order valence-corrected chi connectivity index (χ0v) is 13.2. The quantitative estimate of drug-likeness (QED) is 0.903. The third-order valence-electron chi connectivity index (χ3n) is 5.23. The van der Waals surface area contributed by atoms with Gasteiger partial charge in [0.25, 0.3) is 0 Å². The number of hydrogen-bond acceptors (Lipinski definition) is 5. The van der Waals surface area contributed by atoms with Crippen molar-refractivity contribution in [3.05, 3.63) is 18.5 Å². The van der Waals surface area contributed by atoms with Crippen LogP contribution in [0.25, 0.3) is 0 Å². The van der Waals surface area contributed by atoms with Crippen LogP contribution in [-0.2, 0) is 4.74 Å². The van der Waals surface area contributed by atoms with Gasteiger partial charge >= 0.3 is 0 Å². The number of rotatable bonds is 5. The minimum absolute atomic E-state index is 0.122. The fourth-order valence-electron chi connectivity index (χ4n) is 3.99. The van der Waals surface area contributed by atoms with Gasteiger partial charge < -0.3 is 15.0 Å². The van der Waals surface area contributed by atoms with Crippen molar-refractivity contribution < 1.29 is 4.74 Å². The molecule has 0 aromatic carbocycles. The first-order valence-electron chi connectivity index (χ1n) is 8.69. The summed E-state index contributed by atoms with van der Waals surface area (Å²) in [6.45, 7) is 5.49. The molecule has 4 rings (SSSR count). The van der Waals surface area contributed by atoms with Gasteiger partial charge in [-0.3, -0.25) is 0 Å². The van der Waals surface area contributed by atoms with Gasteiger partial charge in [0.1, 0.15) is 0 Å². The average Bonchev–Trinajstić information content (AvgIpc) is 3.28. The van der Waals surface area contributed by atoms with Crippen molar-refractivity contribution in [2.75, 3.05) is 38.1 Å². The van der Waals surface area contributed by atoms with Crippen LogP contribution < -0.4 is 5.32 Å². The summed E-state index contributed by atoms with van der Waals surface area (Å²) in [5, 5.41) is 3.35. The summed E-state index contributed by atoms with van der Waals surface area (Å²) in [7, 11) is 0. The van der Waals surface area contributed by atoms with Crippen LogP contribution in [0.2, 0.25) is 0 Å². The standard InChI is InChI=1S/C17H26N4O/c1-5-17(13-21(8-1)11-14-3-4-14)9-15(12-22-17)10-20-16-18-6-2-7-19-16/h2,6-7,14-15H,1,3-5,8-13H2,(H,18,19,20)/t15-,17+/m0/s1. The summed E-state index contributed by atoms with van der Waals surface area (Å²) in [6, 6.07) is 1.84. The predicted molar refractivity (Wildman–Crippen MR) is 85.7 cm³/mol. The molecule has 1 N–H and O–H groups in total. The number of nitrogens with one attached hydrogen (secondary N) is 1. The van der Waals surface area contributed by atoms with Crippen molar-refractivity contribution in [2.24, 2.45) is 11.8 Å². The third kappa shape index (κ3) is 3.41. The fraction of sp³-hybridized carbons (Fsp3) is 0.765. The molecule has 0 unspecified atom stereocenters. The lowest BCUT2D eigenvalue weighted by Crippen LogP contribution is -2.48. The Hall–Kier alpha value is -1.20. The molecular formula is C17H26N4O. The van der Waals surface area contributed by atoms with Crippen molar-refractivity contribution >= 4 is 5.95 Å². The van der Waals surface area contributed by atoms with Gasteiger partial charge in [-0.1, -0.05) is 0 Å². The van der Waals surface area contributed by atoms with Crippen molar-refractivity contribution in [2.45, 2.75) is 37.7 Å². The number of hydrogen-bond donors (Lipinski definition) is 1. The monoisotopic (exact) mass is 302 g/mol. The molecule has 2 atom stereocenters. The molecule has 2 saturated heterocycles. The predicted octanol–water partition coefficient (Wildman–Crippen LogP) is 2.17. The SMILES string of the molecule is c1cnc(NC[C@H]2CO[C@]3(CCCN(CC4CC4)C3)C2)nc1. The van der Waals surface area contributed by atoms with Gasteiger partial charge in [0.05, 0.1) is 12.2 Å². The fourth-order valence-corrected chi connectivity index (χ4v) is 3.99. The minimum atomic E-state index is 0.122. The molecule has 0 amide bonds. The van der Waals surface area contributed by atoms with Crippen LogP contribution in [0.15, 0.2) is 18.5 Å². The Morgan fingerprint density at radius 1 is 1.27 bits per heavy atom. The zero-order valence-electron chi connectivity index (χ0n) is 13.2. The van der Waals surface area contributed by atoms with Crippen LogP contribution in [-0.4, -0.2) is 53.3 Å². The Bertz CT molecular complexity index is 493. The zero-order chi connectivity index (χ0) is 14.8. The summed E-state index contributed by atoms with van der Waals surface area (Å²) < 4.78 is 6.29. The minimum Gasteiger partial charge on any atom is -0.373 e. The first-order valence-corrected chi connectivity index (χ1v) is 8.69. The Kier molecular flexibility index (Phi) is 4.01. The maximum atomic E-state index is 6.29. The summed E-state index contributed by atoms with van der Waals surface area (Å²) in [6.07, 6.45) is 10.1. The number of anilines is 1. The van der Waals surface area contributed by atoms with Gasteiger partial charge in [-0.05, 0) is 50.6 Å². The Balaban J connectivity index is 1.29. The van der Waals surface area contributed by atoms with Crippen LogP contribution in [0.4, 0.5) is 5.95 Å². The highest BCUT2D eigenvalue weighted by Crippen LogP contribution is 2.39. The molecule has 1 aromatic rings. The topological polar surface area (TPSA) is 50.3 Å². The van der Waals surface area contributed by atoms with Crippen LogP contribution in [0.3, 0.4) is 0 Å². The second-order valence-corrected chi connectivity index (χ2v) is 7.30. The van der Waals surface area contributed by atoms with E-state index in [0.717, 1.165) is 31.6 Å². The molecular weight excluding hydrogens is 276 g/mol. The molecule has 2 aliphatic heterocycles. The van der Waals surface area contributed by atoms with Crippen LogP contribution in [0, 0.1) is 11.8 Å². The molecule has 120 valence electrons. The molecule has 0 radical (unpaired) electrons. The van der Waals surface area contributed by atoms with Gasteiger partial charge in [-0.25, -0.2) is 9.97 Å². The number of aromatic nitrogens is 2. The van der Waals surface area contributed by atoms with E-state index in [1.165, 1.54) is 45.2 Å². The van der Waals surface area contributed by atoms with E-state index in [1.807, 2.05) is 6.07 Å². The highest BCUT2D eigenvalue weighted by atomic mass is 16.5. The Morgan fingerprint density at radius 2 is 2.14 bits per heavy atom. The summed E-state index contributed by atoms with van der Waals surface area (Å²) in [5.74, 6) is 2.27. The largest absolute Gasteiger partial charge is 0.373 e. The summed E-state index contributed by atoms with van der Waals surface area (Å²) in [4.78, 5) is 11.1. The van der Waals surface area contributed by atoms with E-state index in [2.05, 4.69) is 20.2 Å². The van der Waals surface area contributed by atoms with E-state index in [0.29, 0.717) is 5.92 Å². The lowest BCUT2D eigenvalue weighted by atomic mass is 9.86. The van der Waals surface area contributed by atoms with Crippen molar-refractivity contribution in [3.8, 4) is 0 Å². The second-order valence-electron chi connectivity index (χ2n) is 7.30. The molecule has 5 nitrogen and oxygen atoms in total. The van der Waals surface area contributed by atoms with Gasteiger partial charge in [0.2, 0.25) is 5.95 Å². The number of likely N-dealkylation sites (tertiary alicyclic amines) is 1. The lowest BCUT2D eigenvalue weighted by molar-refractivity contribution is -0.0523. The van der Waals surface area contributed by atoms with Gasteiger partial charge in [0, 0.05) is 37.9 Å².